The molecule has 4 N–H and O–H groups in total. The van der Waals surface area contributed by atoms with Gasteiger partial charge in [-0.25, -0.2) is 17.9 Å². The lowest BCUT2D eigenvalue weighted by molar-refractivity contribution is 0.0522. The van der Waals surface area contributed by atoms with E-state index in [1.165, 1.54) is 0 Å². The van der Waals surface area contributed by atoms with E-state index in [2.05, 4.69) is 32.6 Å². The molecule has 0 aromatic heterocycles. The molecule has 9 nitrogen and oxygen atoms in total. The normalized spacial score (nSPS) is 13.8. The maximum atomic E-state index is 12.0. The molecule has 0 aromatic rings. The van der Waals surface area contributed by atoms with Gasteiger partial charge in [0.25, 0.3) is 0 Å². The van der Waals surface area contributed by atoms with Crippen LogP contribution in [0.1, 0.15) is 67.7 Å². The minimum atomic E-state index is -3.33. The Morgan fingerprint density at radius 2 is 1.70 bits per heavy atom. The average Bonchev–Trinajstić information content (AvgIpc) is 2.51. The zero-order valence-corrected chi connectivity index (χ0v) is 22.9. The van der Waals surface area contributed by atoms with Crippen LogP contribution in [0.25, 0.3) is 0 Å². The van der Waals surface area contributed by atoms with E-state index >= 15 is 0 Å². The van der Waals surface area contributed by atoms with Crippen molar-refractivity contribution in [2.45, 2.75) is 84.9 Å². The van der Waals surface area contributed by atoms with Crippen molar-refractivity contribution in [3.05, 3.63) is 0 Å². The first-order valence-corrected chi connectivity index (χ1v) is 12.1. The number of guanidine groups is 1. The van der Waals surface area contributed by atoms with Crippen molar-refractivity contribution in [2.75, 3.05) is 25.9 Å². The van der Waals surface area contributed by atoms with Crippen LogP contribution in [0.4, 0.5) is 4.79 Å². The monoisotopic (exact) mass is 563 g/mol. The smallest absolute Gasteiger partial charge is 0.407 e. The first-order chi connectivity index (χ1) is 13.2. The number of alkyl carbamates (subject to hydrolysis) is 1. The number of carbonyl (C=O) groups is 1. The van der Waals surface area contributed by atoms with E-state index in [0.29, 0.717) is 19.0 Å². The van der Waals surface area contributed by atoms with E-state index in [9.17, 15) is 13.2 Å². The second-order valence-corrected chi connectivity index (χ2v) is 10.6. The van der Waals surface area contributed by atoms with Gasteiger partial charge < -0.3 is 20.7 Å². The van der Waals surface area contributed by atoms with Gasteiger partial charge in [-0.2, -0.15) is 0 Å². The fourth-order valence-electron chi connectivity index (χ4n) is 2.52. The summed E-state index contributed by atoms with van der Waals surface area (Å²) in [6, 6.07) is -0.0359. The van der Waals surface area contributed by atoms with Crippen molar-refractivity contribution in [3.63, 3.8) is 0 Å². The van der Waals surface area contributed by atoms with Crippen molar-refractivity contribution in [1.82, 2.24) is 20.7 Å². The summed E-state index contributed by atoms with van der Waals surface area (Å²) in [5.74, 6) is 0.572. The number of hydrogen-bond acceptors (Lipinski definition) is 5. The number of unbranched alkanes of at least 4 members (excludes halogenated alkanes) is 1. The molecular formula is C19H42IN5O4S. The van der Waals surface area contributed by atoms with Crippen LogP contribution in [0.5, 0.6) is 0 Å². The molecule has 11 heteroatoms. The van der Waals surface area contributed by atoms with Gasteiger partial charge in [0.1, 0.15) is 5.60 Å². The fourth-order valence-corrected chi connectivity index (χ4v) is 3.59. The van der Waals surface area contributed by atoms with Gasteiger partial charge in [0.05, 0.1) is 12.8 Å². The zero-order chi connectivity index (χ0) is 22.7. The van der Waals surface area contributed by atoms with Gasteiger partial charge in [-0.1, -0.05) is 19.8 Å². The minimum absolute atomic E-state index is 0. The number of aliphatic imine (C=N–C) groups is 1. The molecule has 0 saturated heterocycles. The molecule has 0 rings (SSSR count). The summed E-state index contributed by atoms with van der Waals surface area (Å²) in [4.78, 5) is 16.5. The second kappa shape index (κ2) is 14.3. The van der Waals surface area contributed by atoms with E-state index < -0.39 is 27.3 Å². The number of amides is 1. The molecule has 0 aromatic carbocycles. The molecule has 0 saturated carbocycles. The highest BCUT2D eigenvalue weighted by atomic mass is 127. The van der Waals surface area contributed by atoms with Crippen LogP contribution in [0.3, 0.4) is 0 Å². The molecule has 0 aliphatic carbocycles. The summed E-state index contributed by atoms with van der Waals surface area (Å²) in [7, 11) is -3.33. The van der Waals surface area contributed by atoms with Crippen LogP contribution in [-0.2, 0) is 14.8 Å². The average molecular weight is 564 g/mol. The quantitative estimate of drug-likeness (QED) is 0.174. The summed E-state index contributed by atoms with van der Waals surface area (Å²) in [6.07, 6.45) is 3.55. The maximum Gasteiger partial charge on any atom is 0.407 e. The first-order valence-electron chi connectivity index (χ1n) is 10.2. The standard InChI is InChI=1S/C19H41N5O4S.HI/c1-9-11-12-15(13-21-17(25)28-18(3,4)5)23-16(20-10-2)22-14-19(6,7)24-29(8,26)27;/h15,24H,9-14H2,1-8H3,(H,21,25)(H2,20,22,23);1H. The number of nitrogens with zero attached hydrogens (tertiary/aromatic N) is 1. The Labute approximate surface area is 200 Å². The summed E-state index contributed by atoms with van der Waals surface area (Å²) in [5.41, 5.74) is -1.27. The number of rotatable bonds is 11. The topological polar surface area (TPSA) is 121 Å². The Hall–Kier alpha value is -0.820. The molecule has 0 aliphatic heterocycles. The number of ether oxygens (including phenoxy) is 1. The molecule has 0 bridgehead atoms. The molecule has 180 valence electrons. The Kier molecular flexibility index (Phi) is 14.9. The predicted octanol–water partition coefficient (Wildman–Crippen LogP) is 2.57. The molecule has 0 aliphatic rings. The highest BCUT2D eigenvalue weighted by Crippen LogP contribution is 2.07. The Bertz CT molecular complexity index is 633. The second-order valence-electron chi connectivity index (χ2n) is 8.82. The molecule has 1 amide bonds. The number of nitrogens with one attached hydrogen (secondary N) is 4. The molecule has 0 spiro atoms. The molecule has 0 fully saturated rings. The number of hydrogen-bond donors (Lipinski definition) is 4. The Morgan fingerprint density at radius 1 is 1.10 bits per heavy atom. The van der Waals surface area contributed by atoms with E-state index in [4.69, 9.17) is 4.74 Å². The first kappa shape index (κ1) is 31.4. The summed E-state index contributed by atoms with van der Waals surface area (Å²) < 4.78 is 30.9. The lowest BCUT2D eigenvalue weighted by Gasteiger charge is -2.26. The summed E-state index contributed by atoms with van der Waals surface area (Å²) in [5, 5.41) is 9.30. The summed E-state index contributed by atoms with van der Waals surface area (Å²) >= 11 is 0. The van der Waals surface area contributed by atoms with Crippen molar-refractivity contribution in [3.8, 4) is 0 Å². The van der Waals surface area contributed by atoms with E-state index in [-0.39, 0.29) is 36.6 Å². The third-order valence-electron chi connectivity index (χ3n) is 3.58. The van der Waals surface area contributed by atoms with E-state index in [1.54, 1.807) is 13.8 Å². The minimum Gasteiger partial charge on any atom is -0.444 e. The van der Waals surface area contributed by atoms with Crippen LogP contribution in [-0.4, -0.2) is 63.5 Å². The van der Waals surface area contributed by atoms with Gasteiger partial charge in [0, 0.05) is 24.7 Å². The Morgan fingerprint density at radius 3 is 2.17 bits per heavy atom. The largest absolute Gasteiger partial charge is 0.444 e. The van der Waals surface area contributed by atoms with Crippen LogP contribution in [0.15, 0.2) is 4.99 Å². The molecule has 0 heterocycles. The van der Waals surface area contributed by atoms with Gasteiger partial charge in [-0.15, -0.1) is 24.0 Å². The van der Waals surface area contributed by atoms with Crippen LogP contribution in [0, 0.1) is 0 Å². The maximum absolute atomic E-state index is 12.0. The number of carbonyl (C=O) groups excluding carboxylic acids is 1. The van der Waals surface area contributed by atoms with Crippen LogP contribution in [0.2, 0.25) is 0 Å². The third kappa shape index (κ3) is 18.0. The van der Waals surface area contributed by atoms with Crippen molar-refractivity contribution >= 4 is 46.1 Å². The lowest BCUT2D eigenvalue weighted by atomic mass is 10.1. The van der Waals surface area contributed by atoms with Crippen molar-refractivity contribution < 1.29 is 17.9 Å². The highest BCUT2D eigenvalue weighted by Gasteiger charge is 2.22. The molecule has 0 radical (unpaired) electrons. The van der Waals surface area contributed by atoms with Crippen LogP contribution >= 0.6 is 24.0 Å². The van der Waals surface area contributed by atoms with Crippen LogP contribution < -0.4 is 20.7 Å². The molecule has 1 unspecified atom stereocenters. The molecule has 30 heavy (non-hydrogen) atoms. The van der Waals surface area contributed by atoms with Crippen molar-refractivity contribution in [1.29, 1.82) is 0 Å². The molecular weight excluding hydrogens is 521 g/mol. The van der Waals surface area contributed by atoms with Gasteiger partial charge in [-0.05, 0) is 48.0 Å². The van der Waals surface area contributed by atoms with Crippen molar-refractivity contribution in [2.24, 2.45) is 4.99 Å². The number of sulfonamides is 1. The zero-order valence-electron chi connectivity index (χ0n) is 19.7. The lowest BCUT2D eigenvalue weighted by Crippen LogP contribution is -2.50. The van der Waals surface area contributed by atoms with Gasteiger partial charge >= 0.3 is 6.09 Å². The third-order valence-corrected chi connectivity index (χ3v) is 4.50. The van der Waals surface area contributed by atoms with Gasteiger partial charge in [0.15, 0.2) is 5.96 Å². The SMILES string of the molecule is CCCCC(CNC(=O)OC(C)(C)C)NC(=NCC(C)(C)NS(C)(=O)=O)NCC.I. The number of halogens is 1. The van der Waals surface area contributed by atoms with Gasteiger partial charge in [-0.3, -0.25) is 4.99 Å². The highest BCUT2D eigenvalue weighted by molar-refractivity contribution is 14.0. The molecule has 1 atom stereocenters. The predicted molar refractivity (Wildman–Crippen MR) is 134 cm³/mol. The van der Waals surface area contributed by atoms with E-state index in [1.807, 2.05) is 27.7 Å². The fraction of sp³-hybridized carbons (Fsp3) is 0.895. The van der Waals surface area contributed by atoms with Gasteiger partial charge in [0.2, 0.25) is 10.0 Å². The summed E-state index contributed by atoms with van der Waals surface area (Å²) in [6.45, 7) is 14.4. The van der Waals surface area contributed by atoms with E-state index in [0.717, 1.165) is 25.5 Å². The Balaban J connectivity index is 0.